The van der Waals surface area contributed by atoms with Gasteiger partial charge in [0.1, 0.15) is 5.82 Å². The number of nitrogens with one attached hydrogen (secondary N) is 1. The number of anilines is 1. The molecule has 0 aliphatic heterocycles. The molecule has 0 fully saturated rings. The zero-order chi connectivity index (χ0) is 8.81. The van der Waals surface area contributed by atoms with Crippen LogP contribution in [0.4, 0.5) is 5.82 Å². The average Bonchev–Trinajstić information content (AvgIpc) is 2.15. The van der Waals surface area contributed by atoms with Gasteiger partial charge in [0.15, 0.2) is 5.16 Å². The summed E-state index contributed by atoms with van der Waals surface area (Å²) in [5.41, 5.74) is 0. The Morgan fingerprint density at radius 1 is 1.75 bits per heavy atom. The van der Waals surface area contributed by atoms with Crippen molar-refractivity contribution in [1.29, 1.82) is 0 Å². The number of rotatable bonds is 4. The molecule has 64 valence electrons. The first kappa shape index (κ1) is 9.06. The van der Waals surface area contributed by atoms with E-state index in [0.717, 1.165) is 17.5 Å². The molecular formula is C8H11N3S. The molecule has 0 amide bonds. The van der Waals surface area contributed by atoms with E-state index in [2.05, 4.69) is 21.9 Å². The minimum Gasteiger partial charge on any atom is -0.366 e. The van der Waals surface area contributed by atoms with Crippen LogP contribution in [0.15, 0.2) is 30.1 Å². The Bertz CT molecular complexity index is 262. The van der Waals surface area contributed by atoms with Gasteiger partial charge in [-0.2, -0.15) is 0 Å². The van der Waals surface area contributed by atoms with Gasteiger partial charge in [0.25, 0.3) is 0 Å². The van der Waals surface area contributed by atoms with Crippen molar-refractivity contribution < 1.29 is 0 Å². The lowest BCUT2D eigenvalue weighted by atomic mass is 10.5. The summed E-state index contributed by atoms with van der Waals surface area (Å²) in [6.45, 7) is 4.33. The van der Waals surface area contributed by atoms with Crippen LogP contribution in [0.5, 0.6) is 0 Å². The fourth-order valence-electron chi connectivity index (χ4n) is 0.714. The van der Waals surface area contributed by atoms with Crippen molar-refractivity contribution in [3.63, 3.8) is 0 Å². The molecule has 3 nitrogen and oxygen atoms in total. The van der Waals surface area contributed by atoms with Crippen molar-refractivity contribution in [3.05, 3.63) is 24.9 Å². The molecule has 1 N–H and O–H groups in total. The van der Waals surface area contributed by atoms with Crippen LogP contribution >= 0.6 is 11.8 Å². The maximum Gasteiger partial charge on any atom is 0.189 e. The first-order chi connectivity index (χ1) is 5.86. The van der Waals surface area contributed by atoms with Gasteiger partial charge in [0.05, 0.1) is 0 Å². The minimum atomic E-state index is 0.727. The van der Waals surface area contributed by atoms with Gasteiger partial charge in [-0.05, 0) is 12.3 Å². The summed E-state index contributed by atoms with van der Waals surface area (Å²) in [6.07, 6.45) is 5.48. The molecule has 1 heterocycles. The van der Waals surface area contributed by atoms with E-state index in [-0.39, 0.29) is 0 Å². The maximum absolute atomic E-state index is 4.22. The summed E-state index contributed by atoms with van der Waals surface area (Å²) in [5.74, 6) is 0.842. The molecular weight excluding hydrogens is 170 g/mol. The summed E-state index contributed by atoms with van der Waals surface area (Å²) >= 11 is 1.53. The molecule has 1 aromatic rings. The van der Waals surface area contributed by atoms with Crippen molar-refractivity contribution in [3.8, 4) is 0 Å². The Hall–Kier alpha value is -1.03. The Balaban J connectivity index is 2.65. The Labute approximate surface area is 76.3 Å². The highest BCUT2D eigenvalue weighted by atomic mass is 32.2. The van der Waals surface area contributed by atoms with Gasteiger partial charge in [0.2, 0.25) is 0 Å². The molecule has 0 unspecified atom stereocenters. The number of thioether (sulfide) groups is 1. The largest absolute Gasteiger partial charge is 0.366 e. The minimum absolute atomic E-state index is 0.727. The van der Waals surface area contributed by atoms with Crippen molar-refractivity contribution >= 4 is 17.6 Å². The van der Waals surface area contributed by atoms with Gasteiger partial charge in [-0.3, -0.25) is 0 Å². The molecule has 0 radical (unpaired) electrons. The Kier molecular flexibility index (Phi) is 3.60. The second-order valence-electron chi connectivity index (χ2n) is 2.10. The zero-order valence-corrected chi connectivity index (χ0v) is 7.77. The first-order valence-electron chi connectivity index (χ1n) is 3.58. The van der Waals surface area contributed by atoms with Gasteiger partial charge in [-0.15, -0.1) is 6.58 Å². The Morgan fingerprint density at radius 3 is 3.25 bits per heavy atom. The van der Waals surface area contributed by atoms with Crippen LogP contribution in [0.3, 0.4) is 0 Å². The molecule has 1 rings (SSSR count). The summed E-state index contributed by atoms with van der Waals surface area (Å²) in [4.78, 5) is 8.27. The smallest absolute Gasteiger partial charge is 0.189 e. The van der Waals surface area contributed by atoms with Crippen LogP contribution in [0, 0.1) is 0 Å². The topological polar surface area (TPSA) is 37.8 Å². The number of hydrogen-bond acceptors (Lipinski definition) is 4. The molecule has 12 heavy (non-hydrogen) atoms. The van der Waals surface area contributed by atoms with Gasteiger partial charge in [0, 0.05) is 12.7 Å². The van der Waals surface area contributed by atoms with E-state index >= 15 is 0 Å². The van der Waals surface area contributed by atoms with E-state index in [1.54, 1.807) is 12.3 Å². The molecule has 0 aromatic carbocycles. The monoisotopic (exact) mass is 181 g/mol. The summed E-state index contributed by atoms with van der Waals surface area (Å²) in [6, 6.07) is 1.84. The van der Waals surface area contributed by atoms with E-state index in [9.17, 15) is 0 Å². The first-order valence-corrected chi connectivity index (χ1v) is 4.81. The van der Waals surface area contributed by atoms with Gasteiger partial charge in [-0.25, -0.2) is 9.97 Å². The highest BCUT2D eigenvalue weighted by Crippen LogP contribution is 2.09. The summed E-state index contributed by atoms with van der Waals surface area (Å²) in [5, 5.41) is 3.87. The van der Waals surface area contributed by atoms with E-state index in [4.69, 9.17) is 0 Å². The van der Waals surface area contributed by atoms with E-state index in [0.29, 0.717) is 0 Å². The third-order valence-corrected chi connectivity index (χ3v) is 1.81. The summed E-state index contributed by atoms with van der Waals surface area (Å²) < 4.78 is 0. The van der Waals surface area contributed by atoms with Crippen LogP contribution in [-0.2, 0) is 0 Å². The van der Waals surface area contributed by atoms with Gasteiger partial charge >= 0.3 is 0 Å². The van der Waals surface area contributed by atoms with Crippen LogP contribution in [0.2, 0.25) is 0 Å². The molecule has 4 heteroatoms. The fraction of sp³-hybridized carbons (Fsp3) is 0.250. The molecule has 0 atom stereocenters. The standard InChI is InChI=1S/C8H11N3S/c1-3-5-9-7-4-6-10-8(11-7)12-2/h3-4,6H,1,5H2,2H3,(H,9,10,11). The second kappa shape index (κ2) is 4.77. The molecule has 0 saturated heterocycles. The SMILES string of the molecule is C=CCNc1ccnc(SC)n1. The zero-order valence-electron chi connectivity index (χ0n) is 6.95. The number of hydrogen-bond donors (Lipinski definition) is 1. The van der Waals surface area contributed by atoms with Crippen molar-refractivity contribution in [1.82, 2.24) is 9.97 Å². The Morgan fingerprint density at radius 2 is 2.58 bits per heavy atom. The second-order valence-corrected chi connectivity index (χ2v) is 2.87. The molecule has 0 spiro atoms. The number of nitrogens with zero attached hydrogens (tertiary/aromatic N) is 2. The van der Waals surface area contributed by atoms with Crippen molar-refractivity contribution in [2.24, 2.45) is 0 Å². The predicted molar refractivity (Wildman–Crippen MR) is 52.5 cm³/mol. The normalized spacial score (nSPS) is 9.42. The van der Waals surface area contributed by atoms with Crippen LogP contribution in [0.25, 0.3) is 0 Å². The van der Waals surface area contributed by atoms with Crippen LogP contribution in [0.1, 0.15) is 0 Å². The lowest BCUT2D eigenvalue weighted by Crippen LogP contribution is -2.00. The van der Waals surface area contributed by atoms with Crippen molar-refractivity contribution in [2.75, 3.05) is 18.1 Å². The van der Waals surface area contributed by atoms with Crippen molar-refractivity contribution in [2.45, 2.75) is 5.16 Å². The molecule has 0 aliphatic carbocycles. The third-order valence-electron chi connectivity index (χ3n) is 1.24. The number of aromatic nitrogens is 2. The summed E-state index contributed by atoms with van der Waals surface area (Å²) in [7, 11) is 0. The fourth-order valence-corrected chi connectivity index (χ4v) is 1.07. The van der Waals surface area contributed by atoms with Crippen LogP contribution in [-0.4, -0.2) is 22.8 Å². The molecule has 1 aromatic heterocycles. The highest BCUT2D eigenvalue weighted by molar-refractivity contribution is 7.98. The lowest BCUT2D eigenvalue weighted by Gasteiger charge is -2.01. The lowest BCUT2D eigenvalue weighted by molar-refractivity contribution is 0.967. The molecule has 0 aliphatic rings. The third kappa shape index (κ3) is 2.54. The van der Waals surface area contributed by atoms with Gasteiger partial charge in [-0.1, -0.05) is 17.8 Å². The molecule has 0 saturated carbocycles. The maximum atomic E-state index is 4.22. The highest BCUT2D eigenvalue weighted by Gasteiger charge is 1.94. The molecule has 0 bridgehead atoms. The van der Waals surface area contributed by atoms with Gasteiger partial charge < -0.3 is 5.32 Å². The predicted octanol–water partition coefficient (Wildman–Crippen LogP) is 1.80. The average molecular weight is 181 g/mol. The van der Waals surface area contributed by atoms with Crippen LogP contribution < -0.4 is 5.32 Å². The van der Waals surface area contributed by atoms with E-state index in [1.807, 2.05) is 12.3 Å². The quantitative estimate of drug-likeness (QED) is 0.436. The van der Waals surface area contributed by atoms with E-state index < -0.39 is 0 Å². The van der Waals surface area contributed by atoms with E-state index in [1.165, 1.54) is 11.8 Å².